The zero-order valence-electron chi connectivity index (χ0n) is 14.9. The molecule has 26 heavy (non-hydrogen) atoms. The number of carbonyl (C=O) groups excluding carboxylic acids is 2. The van der Waals surface area contributed by atoms with E-state index in [2.05, 4.69) is 16.0 Å². The number of carbonyl (C=O) groups is 2. The van der Waals surface area contributed by atoms with Crippen molar-refractivity contribution in [1.82, 2.24) is 0 Å². The van der Waals surface area contributed by atoms with Gasteiger partial charge < -0.3 is 25.4 Å². The maximum Gasteiger partial charge on any atom is 0.323 e. The highest BCUT2D eigenvalue weighted by molar-refractivity contribution is 6.01. The summed E-state index contributed by atoms with van der Waals surface area (Å²) >= 11 is 0. The molecule has 3 rings (SSSR count). The SMILES string of the molecule is COc1ccccc1NC(=O)Nc1ccc2c(c1)OCC(C)(C)C(=O)N2. The smallest absolute Gasteiger partial charge is 0.323 e. The summed E-state index contributed by atoms with van der Waals surface area (Å²) in [6, 6.07) is 11.8. The Morgan fingerprint density at radius 1 is 1.19 bits per heavy atom. The van der Waals surface area contributed by atoms with Gasteiger partial charge in [-0.2, -0.15) is 0 Å². The van der Waals surface area contributed by atoms with E-state index in [9.17, 15) is 9.59 Å². The summed E-state index contributed by atoms with van der Waals surface area (Å²) in [4.78, 5) is 24.4. The first-order valence-corrected chi connectivity index (χ1v) is 8.18. The Morgan fingerprint density at radius 2 is 1.96 bits per heavy atom. The molecular weight excluding hydrogens is 334 g/mol. The molecule has 0 saturated heterocycles. The summed E-state index contributed by atoms with van der Waals surface area (Å²) in [7, 11) is 1.54. The van der Waals surface area contributed by atoms with E-state index in [1.807, 2.05) is 19.9 Å². The van der Waals surface area contributed by atoms with E-state index in [0.29, 0.717) is 28.6 Å². The first-order valence-electron chi connectivity index (χ1n) is 8.18. The van der Waals surface area contributed by atoms with Crippen LogP contribution >= 0.6 is 0 Å². The van der Waals surface area contributed by atoms with Crippen molar-refractivity contribution in [1.29, 1.82) is 0 Å². The predicted molar refractivity (Wildman–Crippen MR) is 100.0 cm³/mol. The van der Waals surface area contributed by atoms with Crippen LogP contribution in [0.1, 0.15) is 13.8 Å². The lowest BCUT2D eigenvalue weighted by molar-refractivity contribution is -0.124. The van der Waals surface area contributed by atoms with Gasteiger partial charge in [0.15, 0.2) is 0 Å². The van der Waals surface area contributed by atoms with Crippen molar-refractivity contribution in [3.05, 3.63) is 42.5 Å². The number of fused-ring (bicyclic) bond motifs is 1. The summed E-state index contributed by atoms with van der Waals surface area (Å²) in [5.74, 6) is 0.975. The molecule has 2 aromatic rings. The van der Waals surface area contributed by atoms with Gasteiger partial charge in [-0.1, -0.05) is 12.1 Å². The Labute approximate surface area is 151 Å². The van der Waals surface area contributed by atoms with Gasteiger partial charge in [-0.05, 0) is 38.1 Å². The van der Waals surface area contributed by atoms with Gasteiger partial charge in [0.25, 0.3) is 0 Å². The molecule has 0 aliphatic carbocycles. The number of amides is 3. The highest BCUT2D eigenvalue weighted by Gasteiger charge is 2.32. The van der Waals surface area contributed by atoms with Crippen LogP contribution in [-0.4, -0.2) is 25.7 Å². The molecule has 136 valence electrons. The minimum Gasteiger partial charge on any atom is -0.495 e. The summed E-state index contributed by atoms with van der Waals surface area (Å²) in [5.41, 5.74) is 1.06. The van der Waals surface area contributed by atoms with Crippen molar-refractivity contribution in [3.8, 4) is 11.5 Å². The molecule has 0 aromatic heterocycles. The Bertz CT molecular complexity index is 848. The molecule has 3 N–H and O–H groups in total. The Balaban J connectivity index is 1.73. The maximum atomic E-state index is 12.3. The van der Waals surface area contributed by atoms with Crippen LogP contribution in [0.2, 0.25) is 0 Å². The molecule has 0 fully saturated rings. The van der Waals surface area contributed by atoms with Gasteiger partial charge in [0, 0.05) is 11.8 Å². The first-order chi connectivity index (χ1) is 12.4. The van der Waals surface area contributed by atoms with Gasteiger partial charge in [0.05, 0.1) is 23.9 Å². The number of ether oxygens (including phenoxy) is 2. The molecule has 2 aromatic carbocycles. The molecule has 7 heteroatoms. The van der Waals surface area contributed by atoms with E-state index >= 15 is 0 Å². The zero-order valence-corrected chi connectivity index (χ0v) is 14.9. The van der Waals surface area contributed by atoms with Gasteiger partial charge in [-0.15, -0.1) is 0 Å². The number of rotatable bonds is 3. The largest absolute Gasteiger partial charge is 0.495 e. The lowest BCUT2D eigenvalue weighted by Gasteiger charge is -2.18. The molecule has 0 unspecified atom stereocenters. The highest BCUT2D eigenvalue weighted by atomic mass is 16.5. The minimum atomic E-state index is -0.631. The Kier molecular flexibility index (Phi) is 4.71. The topological polar surface area (TPSA) is 88.7 Å². The van der Waals surface area contributed by atoms with Gasteiger partial charge in [-0.3, -0.25) is 4.79 Å². The summed E-state index contributed by atoms with van der Waals surface area (Å²) in [6.45, 7) is 3.88. The number of urea groups is 1. The number of benzene rings is 2. The summed E-state index contributed by atoms with van der Waals surface area (Å²) in [6.07, 6.45) is 0. The number of para-hydroxylation sites is 2. The number of methoxy groups -OCH3 is 1. The van der Waals surface area contributed by atoms with Gasteiger partial charge in [-0.25, -0.2) is 4.79 Å². The molecule has 0 saturated carbocycles. The molecule has 0 spiro atoms. The fourth-order valence-electron chi connectivity index (χ4n) is 2.47. The van der Waals surface area contributed by atoms with Gasteiger partial charge in [0.2, 0.25) is 5.91 Å². The molecule has 1 heterocycles. The first kappa shape index (κ1) is 17.6. The standard InChI is InChI=1S/C19H21N3O4/c1-19(2)11-26-16-10-12(8-9-14(16)21-17(19)23)20-18(24)22-13-6-4-5-7-15(13)25-3/h4-10H,11H2,1-3H3,(H,21,23)(H2,20,22,24). The molecular formula is C19H21N3O4. The monoisotopic (exact) mass is 355 g/mol. The number of hydrogen-bond donors (Lipinski definition) is 3. The normalized spacial score (nSPS) is 15.0. The van der Waals surface area contributed by atoms with Crippen LogP contribution in [-0.2, 0) is 4.79 Å². The van der Waals surface area contributed by atoms with E-state index in [0.717, 1.165) is 0 Å². The van der Waals surface area contributed by atoms with Crippen molar-refractivity contribution >= 4 is 29.0 Å². The molecule has 0 radical (unpaired) electrons. The quantitative estimate of drug-likeness (QED) is 0.783. The lowest BCUT2D eigenvalue weighted by Crippen LogP contribution is -2.33. The molecule has 0 bridgehead atoms. The van der Waals surface area contributed by atoms with E-state index < -0.39 is 11.4 Å². The Hall–Kier alpha value is -3.22. The number of nitrogens with one attached hydrogen (secondary N) is 3. The highest BCUT2D eigenvalue weighted by Crippen LogP contribution is 2.34. The molecule has 1 aliphatic rings. The van der Waals surface area contributed by atoms with Crippen LogP contribution in [0.5, 0.6) is 11.5 Å². The van der Waals surface area contributed by atoms with Crippen molar-refractivity contribution in [3.63, 3.8) is 0 Å². The average Bonchev–Trinajstić information content (AvgIpc) is 2.72. The summed E-state index contributed by atoms with van der Waals surface area (Å²) in [5, 5.41) is 8.32. The van der Waals surface area contributed by atoms with Crippen molar-refractivity contribution in [2.24, 2.45) is 5.41 Å². The van der Waals surface area contributed by atoms with Crippen molar-refractivity contribution in [2.75, 3.05) is 29.7 Å². The molecule has 0 atom stereocenters. The summed E-state index contributed by atoms with van der Waals surface area (Å²) < 4.78 is 10.9. The van der Waals surface area contributed by atoms with Crippen LogP contribution in [0.25, 0.3) is 0 Å². The van der Waals surface area contributed by atoms with E-state index in [4.69, 9.17) is 9.47 Å². The molecule has 3 amide bonds. The third-order valence-corrected chi connectivity index (χ3v) is 4.05. The maximum absolute atomic E-state index is 12.3. The second-order valence-corrected chi connectivity index (χ2v) is 6.62. The lowest BCUT2D eigenvalue weighted by atomic mass is 9.94. The number of anilines is 3. The van der Waals surface area contributed by atoms with Gasteiger partial charge in [0.1, 0.15) is 18.1 Å². The van der Waals surface area contributed by atoms with E-state index in [1.54, 1.807) is 36.4 Å². The van der Waals surface area contributed by atoms with Crippen LogP contribution < -0.4 is 25.4 Å². The zero-order chi connectivity index (χ0) is 18.7. The molecule has 7 nitrogen and oxygen atoms in total. The van der Waals surface area contributed by atoms with Crippen LogP contribution in [0.4, 0.5) is 21.9 Å². The van der Waals surface area contributed by atoms with Crippen molar-refractivity contribution < 1.29 is 19.1 Å². The predicted octanol–water partition coefficient (Wildman–Crippen LogP) is 3.70. The second kappa shape index (κ2) is 6.95. The minimum absolute atomic E-state index is 0.106. The second-order valence-electron chi connectivity index (χ2n) is 6.62. The third-order valence-electron chi connectivity index (χ3n) is 4.05. The fraction of sp³-hybridized carbons (Fsp3) is 0.263. The number of hydrogen-bond acceptors (Lipinski definition) is 4. The third kappa shape index (κ3) is 3.72. The van der Waals surface area contributed by atoms with Crippen LogP contribution in [0, 0.1) is 5.41 Å². The van der Waals surface area contributed by atoms with Crippen LogP contribution in [0.3, 0.4) is 0 Å². The fourth-order valence-corrected chi connectivity index (χ4v) is 2.47. The Morgan fingerprint density at radius 3 is 2.73 bits per heavy atom. The van der Waals surface area contributed by atoms with Gasteiger partial charge >= 0.3 is 6.03 Å². The van der Waals surface area contributed by atoms with E-state index in [-0.39, 0.29) is 12.5 Å². The van der Waals surface area contributed by atoms with Crippen LogP contribution in [0.15, 0.2) is 42.5 Å². The molecule has 1 aliphatic heterocycles. The van der Waals surface area contributed by atoms with Crippen molar-refractivity contribution in [2.45, 2.75) is 13.8 Å². The average molecular weight is 355 g/mol. The van der Waals surface area contributed by atoms with E-state index in [1.165, 1.54) is 7.11 Å².